The lowest BCUT2D eigenvalue weighted by Gasteiger charge is -2.30. The van der Waals surface area contributed by atoms with Crippen LogP contribution < -0.4 is 5.32 Å². The van der Waals surface area contributed by atoms with Gasteiger partial charge in [0.05, 0.1) is 17.8 Å². The molecule has 0 bridgehead atoms. The number of hydrogen-bond donors (Lipinski definition) is 2. The maximum atomic E-state index is 12.4. The summed E-state index contributed by atoms with van der Waals surface area (Å²) in [5, 5.41) is 16.5. The molecule has 1 heterocycles. The molecule has 1 aromatic rings. The summed E-state index contributed by atoms with van der Waals surface area (Å²) >= 11 is 1.10. The molecule has 0 aliphatic heterocycles. The van der Waals surface area contributed by atoms with E-state index in [0.717, 1.165) is 11.5 Å². The van der Waals surface area contributed by atoms with E-state index in [1.165, 1.54) is 0 Å². The molecule has 0 aliphatic carbocycles. The molecule has 0 atom stereocenters. The molecule has 1 rings (SSSR count). The molecule has 0 aromatic carbocycles. The van der Waals surface area contributed by atoms with Gasteiger partial charge in [-0.2, -0.15) is 0 Å². The minimum atomic E-state index is -0.559. The highest BCUT2D eigenvalue weighted by atomic mass is 32.1. The van der Waals surface area contributed by atoms with Crippen LogP contribution in [0, 0.1) is 0 Å². The van der Waals surface area contributed by atoms with E-state index in [9.17, 15) is 9.90 Å². The van der Waals surface area contributed by atoms with Gasteiger partial charge in [0, 0.05) is 5.41 Å². The number of rotatable bonds is 5. The van der Waals surface area contributed by atoms with E-state index in [1.54, 1.807) is 0 Å². The van der Waals surface area contributed by atoms with Crippen molar-refractivity contribution in [1.82, 2.24) is 14.9 Å². The number of nitrogens with one attached hydrogen (secondary N) is 1. The maximum absolute atomic E-state index is 12.4. The van der Waals surface area contributed by atoms with Crippen molar-refractivity contribution in [3.8, 4) is 0 Å². The summed E-state index contributed by atoms with van der Waals surface area (Å²) in [5.41, 5.74) is -0.0787. The molecular weight excluding hydrogens is 262 g/mol. The second-order valence-corrected chi connectivity index (χ2v) is 6.55. The van der Waals surface area contributed by atoms with E-state index in [2.05, 4.69) is 14.9 Å². The van der Waals surface area contributed by atoms with E-state index in [4.69, 9.17) is 0 Å². The zero-order chi connectivity index (χ0) is 14.7. The standard InChI is InChI=1S/C13H23N3O2S/c1-6-13(7-2,8-17)14-11(18)9-10(12(3,4)5)15-16-19-9/h17H,6-8H2,1-5H3,(H,14,18). The molecule has 5 nitrogen and oxygen atoms in total. The van der Waals surface area contributed by atoms with Gasteiger partial charge >= 0.3 is 0 Å². The Morgan fingerprint density at radius 1 is 1.32 bits per heavy atom. The van der Waals surface area contributed by atoms with Gasteiger partial charge in [-0.1, -0.05) is 39.1 Å². The largest absolute Gasteiger partial charge is 0.394 e. The Morgan fingerprint density at radius 2 is 1.89 bits per heavy atom. The highest BCUT2D eigenvalue weighted by Crippen LogP contribution is 2.26. The van der Waals surface area contributed by atoms with Crippen LogP contribution in [0.2, 0.25) is 0 Å². The van der Waals surface area contributed by atoms with Crippen LogP contribution in [-0.4, -0.2) is 32.7 Å². The Labute approximate surface area is 118 Å². The lowest BCUT2D eigenvalue weighted by atomic mass is 9.90. The number of aromatic nitrogens is 2. The van der Waals surface area contributed by atoms with Crippen LogP contribution in [0.4, 0.5) is 0 Å². The van der Waals surface area contributed by atoms with Crippen molar-refractivity contribution in [3.63, 3.8) is 0 Å². The number of aliphatic hydroxyl groups is 1. The van der Waals surface area contributed by atoms with Crippen molar-refractivity contribution in [2.45, 2.75) is 58.4 Å². The topological polar surface area (TPSA) is 75.1 Å². The molecule has 0 fully saturated rings. The van der Waals surface area contributed by atoms with E-state index in [0.29, 0.717) is 23.4 Å². The molecular formula is C13H23N3O2S. The summed E-state index contributed by atoms with van der Waals surface area (Å²) in [5.74, 6) is -0.197. The molecule has 1 amide bonds. The minimum absolute atomic E-state index is 0.0666. The Bertz CT molecular complexity index is 425. The zero-order valence-electron chi connectivity index (χ0n) is 12.3. The number of hydrogen-bond acceptors (Lipinski definition) is 5. The van der Waals surface area contributed by atoms with E-state index in [1.807, 2.05) is 34.6 Å². The molecule has 0 aliphatic rings. The highest BCUT2D eigenvalue weighted by Gasteiger charge is 2.32. The molecule has 19 heavy (non-hydrogen) atoms. The number of carbonyl (C=O) groups excluding carboxylic acids is 1. The summed E-state index contributed by atoms with van der Waals surface area (Å²) in [4.78, 5) is 12.9. The average molecular weight is 285 g/mol. The van der Waals surface area contributed by atoms with Crippen molar-refractivity contribution in [1.29, 1.82) is 0 Å². The van der Waals surface area contributed by atoms with Gasteiger partial charge in [0.1, 0.15) is 4.88 Å². The third kappa shape index (κ3) is 3.51. The lowest BCUT2D eigenvalue weighted by molar-refractivity contribution is 0.0819. The molecule has 108 valence electrons. The van der Waals surface area contributed by atoms with E-state index >= 15 is 0 Å². The first-order valence-electron chi connectivity index (χ1n) is 6.56. The Morgan fingerprint density at radius 3 is 2.32 bits per heavy atom. The second-order valence-electron chi connectivity index (χ2n) is 5.80. The van der Waals surface area contributed by atoms with Crippen molar-refractivity contribution in [2.75, 3.05) is 6.61 Å². The first-order chi connectivity index (χ1) is 8.79. The predicted molar refractivity (Wildman–Crippen MR) is 76.5 cm³/mol. The molecule has 0 spiro atoms. The van der Waals surface area contributed by atoms with E-state index in [-0.39, 0.29) is 17.9 Å². The molecule has 0 saturated heterocycles. The average Bonchev–Trinajstić information content (AvgIpc) is 2.85. The van der Waals surface area contributed by atoms with Gasteiger partial charge in [0.25, 0.3) is 5.91 Å². The Balaban J connectivity index is 2.99. The van der Waals surface area contributed by atoms with Gasteiger partial charge in [0.15, 0.2) is 0 Å². The molecule has 0 saturated carbocycles. The van der Waals surface area contributed by atoms with Crippen molar-refractivity contribution < 1.29 is 9.90 Å². The van der Waals surface area contributed by atoms with Crippen LogP contribution in [0.15, 0.2) is 0 Å². The second kappa shape index (κ2) is 5.96. The van der Waals surface area contributed by atoms with Gasteiger partial charge in [-0.25, -0.2) is 0 Å². The first kappa shape index (κ1) is 16.0. The number of carbonyl (C=O) groups is 1. The number of amides is 1. The van der Waals surface area contributed by atoms with Crippen LogP contribution in [0.5, 0.6) is 0 Å². The van der Waals surface area contributed by atoms with Crippen LogP contribution in [0.1, 0.15) is 62.8 Å². The van der Waals surface area contributed by atoms with Crippen LogP contribution in [0.25, 0.3) is 0 Å². The monoisotopic (exact) mass is 285 g/mol. The quantitative estimate of drug-likeness (QED) is 0.869. The fraction of sp³-hybridized carbons (Fsp3) is 0.769. The smallest absolute Gasteiger partial charge is 0.265 e. The summed E-state index contributed by atoms with van der Waals surface area (Å²) in [6.07, 6.45) is 1.37. The fourth-order valence-electron chi connectivity index (χ4n) is 1.82. The molecule has 0 radical (unpaired) electrons. The third-order valence-corrected chi connectivity index (χ3v) is 4.16. The number of aliphatic hydroxyl groups excluding tert-OH is 1. The first-order valence-corrected chi connectivity index (χ1v) is 7.33. The number of nitrogens with zero attached hydrogens (tertiary/aromatic N) is 2. The molecule has 1 aromatic heterocycles. The molecule has 0 unspecified atom stereocenters. The highest BCUT2D eigenvalue weighted by molar-refractivity contribution is 7.08. The van der Waals surface area contributed by atoms with E-state index < -0.39 is 5.54 Å². The lowest BCUT2D eigenvalue weighted by Crippen LogP contribution is -2.50. The summed E-state index contributed by atoms with van der Waals surface area (Å²) in [6, 6.07) is 0. The molecule has 2 N–H and O–H groups in total. The van der Waals surface area contributed by atoms with Gasteiger partial charge in [-0.3, -0.25) is 4.79 Å². The summed E-state index contributed by atoms with van der Waals surface area (Å²) in [6.45, 7) is 9.84. The summed E-state index contributed by atoms with van der Waals surface area (Å²) in [7, 11) is 0. The maximum Gasteiger partial charge on any atom is 0.265 e. The fourth-order valence-corrected chi connectivity index (χ4v) is 2.59. The molecule has 6 heteroatoms. The Kier molecular flexibility index (Phi) is 5.04. The summed E-state index contributed by atoms with van der Waals surface area (Å²) < 4.78 is 3.89. The van der Waals surface area contributed by atoms with Crippen molar-refractivity contribution >= 4 is 17.4 Å². The van der Waals surface area contributed by atoms with Crippen LogP contribution in [0.3, 0.4) is 0 Å². The zero-order valence-corrected chi connectivity index (χ0v) is 13.1. The van der Waals surface area contributed by atoms with Gasteiger partial charge in [0.2, 0.25) is 0 Å². The van der Waals surface area contributed by atoms with Gasteiger partial charge in [-0.05, 0) is 24.4 Å². The third-order valence-electron chi connectivity index (χ3n) is 3.44. The normalized spacial score (nSPS) is 12.5. The van der Waals surface area contributed by atoms with Gasteiger partial charge < -0.3 is 10.4 Å². The van der Waals surface area contributed by atoms with Gasteiger partial charge in [-0.15, -0.1) is 5.10 Å². The van der Waals surface area contributed by atoms with Crippen molar-refractivity contribution in [3.05, 3.63) is 10.6 Å². The SMILES string of the molecule is CCC(CC)(CO)NC(=O)c1snnc1C(C)(C)C. The van der Waals surface area contributed by atoms with Crippen molar-refractivity contribution in [2.24, 2.45) is 0 Å². The Hall–Kier alpha value is -1.01. The van der Waals surface area contributed by atoms with Crippen LogP contribution >= 0.6 is 11.5 Å². The van der Waals surface area contributed by atoms with Crippen LogP contribution in [-0.2, 0) is 5.41 Å². The minimum Gasteiger partial charge on any atom is -0.394 e. The predicted octanol–water partition coefficient (Wildman–Crippen LogP) is 2.12.